The molecular weight excluding hydrogens is 348 g/mol. The molecule has 27 heavy (non-hydrogen) atoms. The number of hydrogen-bond acceptors (Lipinski definition) is 2. The summed E-state index contributed by atoms with van der Waals surface area (Å²) in [5, 5.41) is 2.96. The number of rotatable bonds is 6. The van der Waals surface area contributed by atoms with E-state index in [0.717, 1.165) is 17.7 Å². The van der Waals surface area contributed by atoms with E-state index in [1.807, 2.05) is 37.3 Å². The van der Waals surface area contributed by atoms with Crippen molar-refractivity contribution in [3.8, 4) is 0 Å². The number of nitrogens with zero attached hydrogens (tertiary/aromatic N) is 2. The van der Waals surface area contributed by atoms with Crippen molar-refractivity contribution in [2.45, 2.75) is 25.3 Å². The van der Waals surface area contributed by atoms with Crippen LogP contribution in [0, 0.1) is 11.6 Å². The second-order valence-corrected chi connectivity index (χ2v) is 6.38. The van der Waals surface area contributed by atoms with Crippen LogP contribution < -0.4 is 5.32 Å². The molecule has 140 valence electrons. The Morgan fingerprint density at radius 3 is 2.44 bits per heavy atom. The largest absolute Gasteiger partial charge is 0.342 e. The molecule has 0 bridgehead atoms. The summed E-state index contributed by atoms with van der Waals surface area (Å²) in [5.74, 6) is -1.89. The van der Waals surface area contributed by atoms with Crippen molar-refractivity contribution in [3.63, 3.8) is 0 Å². The lowest BCUT2D eigenvalue weighted by atomic mass is 9.94. The van der Waals surface area contributed by atoms with Gasteiger partial charge in [0, 0.05) is 19.4 Å². The second-order valence-electron chi connectivity index (χ2n) is 6.38. The first-order chi connectivity index (χ1) is 13.0. The molecule has 0 saturated carbocycles. The van der Waals surface area contributed by atoms with Crippen molar-refractivity contribution in [2.24, 2.45) is 7.05 Å². The van der Waals surface area contributed by atoms with Gasteiger partial charge in [0.05, 0.1) is 5.92 Å². The van der Waals surface area contributed by atoms with Crippen molar-refractivity contribution >= 4 is 5.91 Å². The quantitative estimate of drug-likeness (QED) is 0.711. The third-order valence-electron chi connectivity index (χ3n) is 4.61. The fourth-order valence-corrected chi connectivity index (χ4v) is 3.14. The van der Waals surface area contributed by atoms with E-state index in [0.29, 0.717) is 17.8 Å². The fourth-order valence-electron chi connectivity index (χ4n) is 3.14. The van der Waals surface area contributed by atoms with Crippen molar-refractivity contribution in [2.75, 3.05) is 0 Å². The highest BCUT2D eigenvalue weighted by molar-refractivity contribution is 5.84. The van der Waals surface area contributed by atoms with E-state index in [1.165, 1.54) is 6.07 Å². The van der Waals surface area contributed by atoms with Crippen LogP contribution in [0.4, 0.5) is 8.78 Å². The molecule has 1 amide bonds. The Hall–Kier alpha value is -3.02. The van der Waals surface area contributed by atoms with E-state index < -0.39 is 17.7 Å². The number of hydrogen-bond donors (Lipinski definition) is 1. The maximum Gasteiger partial charge on any atom is 0.228 e. The summed E-state index contributed by atoms with van der Waals surface area (Å²) in [4.78, 5) is 17.3. The van der Waals surface area contributed by atoms with Gasteiger partial charge >= 0.3 is 0 Å². The Morgan fingerprint density at radius 2 is 1.85 bits per heavy atom. The SMILES string of the molecule is CC[C@H](C(=O)N[C@H](c1ccc(F)c(F)c1)c1nccn1C)c1ccccc1. The van der Waals surface area contributed by atoms with Crippen LogP contribution in [0.5, 0.6) is 0 Å². The van der Waals surface area contributed by atoms with Gasteiger partial charge in [0.25, 0.3) is 0 Å². The minimum atomic E-state index is -0.962. The highest BCUT2D eigenvalue weighted by Gasteiger charge is 2.26. The van der Waals surface area contributed by atoms with Gasteiger partial charge in [0.2, 0.25) is 5.91 Å². The molecule has 4 nitrogen and oxygen atoms in total. The molecule has 0 unspecified atom stereocenters. The van der Waals surface area contributed by atoms with Crippen LogP contribution in [-0.2, 0) is 11.8 Å². The number of aromatic nitrogens is 2. The van der Waals surface area contributed by atoms with E-state index >= 15 is 0 Å². The maximum atomic E-state index is 13.8. The maximum absolute atomic E-state index is 13.8. The van der Waals surface area contributed by atoms with Crippen LogP contribution >= 0.6 is 0 Å². The van der Waals surface area contributed by atoms with Crippen LogP contribution in [0.15, 0.2) is 60.9 Å². The van der Waals surface area contributed by atoms with E-state index in [2.05, 4.69) is 10.3 Å². The number of aryl methyl sites for hydroxylation is 1. The number of nitrogens with one attached hydrogen (secondary N) is 1. The summed E-state index contributed by atoms with van der Waals surface area (Å²) in [5.41, 5.74) is 1.33. The third kappa shape index (κ3) is 4.05. The van der Waals surface area contributed by atoms with E-state index in [4.69, 9.17) is 0 Å². The summed E-state index contributed by atoms with van der Waals surface area (Å²) in [6.45, 7) is 1.94. The average Bonchev–Trinajstić information content (AvgIpc) is 3.09. The Kier molecular flexibility index (Phi) is 5.64. The minimum absolute atomic E-state index is 0.193. The molecule has 0 aliphatic heterocycles. The van der Waals surface area contributed by atoms with E-state index in [-0.39, 0.29) is 11.8 Å². The van der Waals surface area contributed by atoms with Crippen LogP contribution in [0.25, 0.3) is 0 Å². The lowest BCUT2D eigenvalue weighted by Gasteiger charge is -2.23. The lowest BCUT2D eigenvalue weighted by molar-refractivity contribution is -0.123. The Balaban J connectivity index is 1.95. The molecule has 3 aromatic rings. The Labute approximate surface area is 156 Å². The molecule has 0 fully saturated rings. The monoisotopic (exact) mass is 369 g/mol. The molecule has 2 atom stereocenters. The molecule has 0 spiro atoms. The molecule has 1 N–H and O–H groups in total. The van der Waals surface area contributed by atoms with Crippen molar-refractivity contribution in [1.29, 1.82) is 0 Å². The molecule has 0 aliphatic rings. The van der Waals surface area contributed by atoms with Gasteiger partial charge in [-0.05, 0) is 29.7 Å². The zero-order chi connectivity index (χ0) is 19.4. The molecular formula is C21H21F2N3O. The highest BCUT2D eigenvalue weighted by Crippen LogP contribution is 2.25. The van der Waals surface area contributed by atoms with Gasteiger partial charge in [0.15, 0.2) is 11.6 Å². The molecule has 3 rings (SSSR count). The Bertz CT molecular complexity index is 924. The van der Waals surface area contributed by atoms with E-state index in [9.17, 15) is 13.6 Å². The molecule has 6 heteroatoms. The number of carbonyl (C=O) groups excluding carboxylic acids is 1. The summed E-state index contributed by atoms with van der Waals surface area (Å²) in [6, 6.07) is 12.4. The predicted octanol–water partition coefficient (Wildman–Crippen LogP) is 4.10. The molecule has 2 aromatic carbocycles. The number of amides is 1. The predicted molar refractivity (Wildman–Crippen MR) is 99.0 cm³/mol. The van der Waals surface area contributed by atoms with Crippen LogP contribution in [0.2, 0.25) is 0 Å². The molecule has 0 radical (unpaired) electrons. The summed E-state index contributed by atoms with van der Waals surface area (Å²) >= 11 is 0. The number of carbonyl (C=O) groups is 1. The van der Waals surface area contributed by atoms with Gasteiger partial charge in [-0.1, -0.05) is 43.3 Å². The molecule has 1 heterocycles. The van der Waals surface area contributed by atoms with Gasteiger partial charge in [-0.25, -0.2) is 13.8 Å². The van der Waals surface area contributed by atoms with Crippen LogP contribution in [0.1, 0.15) is 42.3 Å². The molecule has 0 aliphatic carbocycles. The van der Waals surface area contributed by atoms with Gasteiger partial charge in [-0.2, -0.15) is 0 Å². The van der Waals surface area contributed by atoms with Crippen molar-refractivity contribution in [1.82, 2.24) is 14.9 Å². The normalized spacial score (nSPS) is 13.2. The zero-order valence-electron chi connectivity index (χ0n) is 15.2. The summed E-state index contributed by atoms with van der Waals surface area (Å²) < 4.78 is 28.9. The third-order valence-corrected chi connectivity index (χ3v) is 4.61. The molecule has 0 saturated heterocycles. The van der Waals surface area contributed by atoms with Gasteiger partial charge < -0.3 is 9.88 Å². The van der Waals surface area contributed by atoms with Crippen molar-refractivity contribution in [3.05, 3.63) is 89.5 Å². The van der Waals surface area contributed by atoms with Crippen molar-refractivity contribution < 1.29 is 13.6 Å². The Morgan fingerprint density at radius 1 is 1.11 bits per heavy atom. The number of benzene rings is 2. The zero-order valence-corrected chi connectivity index (χ0v) is 15.2. The molecule has 1 aromatic heterocycles. The summed E-state index contributed by atoms with van der Waals surface area (Å²) in [6.07, 6.45) is 3.95. The number of halogens is 2. The summed E-state index contributed by atoms with van der Waals surface area (Å²) in [7, 11) is 1.79. The van der Waals surface area contributed by atoms with Crippen LogP contribution in [-0.4, -0.2) is 15.5 Å². The second kappa shape index (κ2) is 8.12. The first kappa shape index (κ1) is 18.8. The van der Waals surface area contributed by atoms with Crippen LogP contribution in [0.3, 0.4) is 0 Å². The smallest absolute Gasteiger partial charge is 0.228 e. The standard InChI is InChI=1S/C21H21F2N3O/c1-3-16(14-7-5-4-6-8-14)21(27)25-19(20-24-11-12-26(20)2)15-9-10-17(22)18(23)13-15/h4-13,16,19H,3H2,1-2H3,(H,25,27)/t16-,19+/m0/s1. The average molecular weight is 369 g/mol. The number of imidazole rings is 1. The van der Waals surface area contributed by atoms with E-state index in [1.54, 1.807) is 24.0 Å². The first-order valence-electron chi connectivity index (χ1n) is 8.78. The fraction of sp³-hybridized carbons (Fsp3) is 0.238. The van der Waals surface area contributed by atoms with Gasteiger partial charge in [-0.3, -0.25) is 4.79 Å². The first-order valence-corrected chi connectivity index (χ1v) is 8.78. The van der Waals surface area contributed by atoms with Gasteiger partial charge in [-0.15, -0.1) is 0 Å². The highest BCUT2D eigenvalue weighted by atomic mass is 19.2. The van der Waals surface area contributed by atoms with Gasteiger partial charge in [0.1, 0.15) is 11.9 Å². The topological polar surface area (TPSA) is 46.9 Å². The lowest BCUT2D eigenvalue weighted by Crippen LogP contribution is -2.34. The minimum Gasteiger partial charge on any atom is -0.342 e.